The summed E-state index contributed by atoms with van der Waals surface area (Å²) in [6.07, 6.45) is 7.40. The third-order valence-corrected chi connectivity index (χ3v) is 6.91. The van der Waals surface area contributed by atoms with Gasteiger partial charge in [-0.15, -0.1) is 36.4 Å². The van der Waals surface area contributed by atoms with Crippen molar-refractivity contribution in [3.8, 4) is 0 Å². The zero-order valence-electron chi connectivity index (χ0n) is 27.3. The molecule has 4 aromatic rings. The molecule has 244 valence electrons. The molecule has 2 unspecified atom stereocenters. The third kappa shape index (κ3) is 11.5. The number of allylic oxidation sites excluding steroid dienone is 4. The van der Waals surface area contributed by atoms with Crippen LogP contribution in [0.25, 0.3) is 0 Å². The van der Waals surface area contributed by atoms with E-state index in [0.717, 1.165) is 22.7 Å². The van der Waals surface area contributed by atoms with E-state index in [2.05, 4.69) is 0 Å². The molecule has 0 aromatic heterocycles. The first-order chi connectivity index (χ1) is 22.0. The summed E-state index contributed by atoms with van der Waals surface area (Å²) in [4.78, 5) is 3.42. The van der Waals surface area contributed by atoms with Gasteiger partial charge in [-0.05, 0) is 74.8 Å². The summed E-state index contributed by atoms with van der Waals surface area (Å²) in [7, 11) is 3.15. The molecule has 0 amide bonds. The Bertz CT molecular complexity index is 1470. The second kappa shape index (κ2) is 19.4. The van der Waals surface area contributed by atoms with E-state index in [1.165, 1.54) is 24.3 Å². The Balaban J connectivity index is 0.000000248. The van der Waals surface area contributed by atoms with E-state index >= 15 is 0 Å². The number of hydrogen-bond acceptors (Lipinski definition) is 4. The quantitative estimate of drug-likeness (QED) is 0.122. The summed E-state index contributed by atoms with van der Waals surface area (Å²) in [5.41, 5.74) is 2.44. The van der Waals surface area contributed by atoms with Gasteiger partial charge >= 0.3 is 21.7 Å². The first-order valence-corrected chi connectivity index (χ1v) is 14.6. The molecule has 4 nitrogen and oxygen atoms in total. The van der Waals surface area contributed by atoms with Gasteiger partial charge in [-0.3, -0.25) is 0 Å². The SMILES string of the molecule is COC1=CC(C)=CN(c2ccc(F)[c-]c2F)C1C.COC1=CC(C)=CN(c2ccc(F)[c-]c2F)C1C.[Ti+4].c1cc[cH-]c1.c1cc[cH-]c1. The Kier molecular flexibility index (Phi) is 16.1. The van der Waals surface area contributed by atoms with Crippen molar-refractivity contribution in [2.24, 2.45) is 0 Å². The second-order valence-electron chi connectivity index (χ2n) is 10.3. The summed E-state index contributed by atoms with van der Waals surface area (Å²) < 4.78 is 63.7. The smallest absolute Gasteiger partial charge is 0.499 e. The number of anilines is 2. The topological polar surface area (TPSA) is 24.9 Å². The molecule has 0 bridgehead atoms. The van der Waals surface area contributed by atoms with Gasteiger partial charge in [0.1, 0.15) is 11.5 Å². The van der Waals surface area contributed by atoms with Gasteiger partial charge in [-0.25, -0.2) is 41.8 Å². The zero-order chi connectivity index (χ0) is 33.6. The van der Waals surface area contributed by atoms with E-state index in [1.807, 2.05) is 113 Å². The predicted octanol–water partition coefficient (Wildman–Crippen LogP) is 9.62. The molecule has 6 rings (SSSR count). The second-order valence-corrected chi connectivity index (χ2v) is 10.3. The van der Waals surface area contributed by atoms with Crippen molar-refractivity contribution in [1.29, 1.82) is 0 Å². The van der Waals surface area contributed by atoms with E-state index in [1.54, 1.807) is 36.4 Å². The fourth-order valence-corrected chi connectivity index (χ4v) is 4.63. The summed E-state index contributed by atoms with van der Waals surface area (Å²) in [6, 6.07) is 29.0. The molecule has 0 radical (unpaired) electrons. The summed E-state index contributed by atoms with van der Waals surface area (Å²) >= 11 is 0. The number of hydrogen-bond donors (Lipinski definition) is 0. The van der Waals surface area contributed by atoms with Crippen molar-refractivity contribution in [1.82, 2.24) is 0 Å². The molecule has 0 aliphatic carbocycles. The van der Waals surface area contributed by atoms with Crippen LogP contribution in [0.4, 0.5) is 28.9 Å². The molecule has 0 spiro atoms. The molecule has 2 aliphatic heterocycles. The molecule has 0 fully saturated rings. The van der Waals surface area contributed by atoms with Crippen LogP contribution < -0.4 is 9.80 Å². The van der Waals surface area contributed by atoms with Crippen LogP contribution in [0.2, 0.25) is 0 Å². The van der Waals surface area contributed by atoms with Gasteiger partial charge in [0.05, 0.1) is 26.3 Å². The first-order valence-electron chi connectivity index (χ1n) is 14.6. The zero-order valence-corrected chi connectivity index (χ0v) is 28.8. The Morgan fingerprint density at radius 1 is 0.617 bits per heavy atom. The first kappa shape index (κ1) is 38.9. The van der Waals surface area contributed by atoms with Gasteiger partial charge < -0.3 is 19.3 Å². The van der Waals surface area contributed by atoms with Gasteiger partial charge in [0.25, 0.3) is 0 Å². The van der Waals surface area contributed by atoms with Gasteiger partial charge in [0.2, 0.25) is 0 Å². The molecule has 9 heteroatoms. The van der Waals surface area contributed by atoms with Crippen molar-refractivity contribution in [2.75, 3.05) is 24.0 Å². The average Bonchev–Trinajstić information content (AvgIpc) is 3.80. The Morgan fingerprint density at radius 2 is 0.957 bits per heavy atom. The van der Waals surface area contributed by atoms with Gasteiger partial charge in [-0.2, -0.15) is 36.4 Å². The molecule has 2 atom stereocenters. The minimum atomic E-state index is -0.705. The summed E-state index contributed by atoms with van der Waals surface area (Å²) in [5.74, 6) is -1.35. The molecule has 0 saturated carbocycles. The van der Waals surface area contributed by atoms with Gasteiger partial charge in [-0.1, -0.05) is 0 Å². The number of nitrogens with zero attached hydrogens (tertiary/aromatic N) is 2. The Labute approximate surface area is 290 Å². The normalized spacial score (nSPS) is 16.6. The van der Waals surface area contributed by atoms with Gasteiger partial charge in [0, 0.05) is 23.3 Å². The van der Waals surface area contributed by atoms with Crippen LogP contribution in [-0.2, 0) is 31.2 Å². The maximum atomic E-state index is 13.7. The Hall–Kier alpha value is -4.27. The van der Waals surface area contributed by atoms with Crippen molar-refractivity contribution in [3.05, 3.63) is 168 Å². The standard InChI is InChI=1S/2C14H14F2NO.2C5H5.Ti/c2*1-9-6-14(18-3)10(2)17(8-9)13-5-4-11(15)7-12(13)16;2*1-2-4-5-3-1;/h2*4-6,8,10H,1-3H3;2*1-5H;/q4*-1;+4. The number of halogens is 4. The van der Waals surface area contributed by atoms with Crippen LogP contribution in [0, 0.1) is 35.4 Å². The van der Waals surface area contributed by atoms with Crippen LogP contribution in [0.1, 0.15) is 27.7 Å². The summed E-state index contributed by atoms with van der Waals surface area (Å²) in [6.45, 7) is 7.56. The number of benzene rings is 2. The van der Waals surface area contributed by atoms with Crippen molar-refractivity contribution in [2.45, 2.75) is 39.8 Å². The number of rotatable bonds is 4. The van der Waals surface area contributed by atoms with E-state index < -0.39 is 23.3 Å². The monoisotopic (exact) mass is 678 g/mol. The number of ether oxygens (including phenoxy) is 2. The van der Waals surface area contributed by atoms with Crippen LogP contribution in [0.15, 0.2) is 132 Å². The molecular formula is C38H38F4N2O2Ti. The largest absolute Gasteiger partial charge is 4.00 e. The third-order valence-electron chi connectivity index (χ3n) is 6.91. The molecular weight excluding hydrogens is 640 g/mol. The number of methoxy groups -OCH3 is 2. The molecule has 47 heavy (non-hydrogen) atoms. The molecule has 4 aromatic carbocycles. The van der Waals surface area contributed by atoms with Crippen molar-refractivity contribution >= 4 is 11.4 Å². The van der Waals surface area contributed by atoms with Crippen LogP contribution in [0.3, 0.4) is 0 Å². The molecule has 0 N–H and O–H groups in total. The molecule has 0 saturated heterocycles. The predicted molar refractivity (Wildman–Crippen MR) is 176 cm³/mol. The fraction of sp³-hybridized carbons (Fsp3) is 0.211. The average molecular weight is 679 g/mol. The summed E-state index contributed by atoms with van der Waals surface area (Å²) in [5, 5.41) is 0. The van der Waals surface area contributed by atoms with Crippen molar-refractivity contribution < 1.29 is 48.8 Å². The maximum absolute atomic E-state index is 13.7. The van der Waals surface area contributed by atoms with Crippen LogP contribution >= 0.6 is 0 Å². The molecule has 2 aliphatic rings. The van der Waals surface area contributed by atoms with E-state index in [9.17, 15) is 17.6 Å². The minimum Gasteiger partial charge on any atom is -0.499 e. The molecule has 2 heterocycles. The maximum Gasteiger partial charge on any atom is 4.00 e. The minimum absolute atomic E-state index is 0. The van der Waals surface area contributed by atoms with Crippen LogP contribution in [0.5, 0.6) is 0 Å². The van der Waals surface area contributed by atoms with E-state index in [-0.39, 0.29) is 45.2 Å². The van der Waals surface area contributed by atoms with E-state index in [4.69, 9.17) is 9.47 Å². The van der Waals surface area contributed by atoms with Crippen LogP contribution in [-0.4, -0.2) is 26.3 Å². The van der Waals surface area contributed by atoms with Gasteiger partial charge in [0.15, 0.2) is 0 Å². The Morgan fingerprint density at radius 3 is 1.21 bits per heavy atom. The van der Waals surface area contributed by atoms with Crippen molar-refractivity contribution in [3.63, 3.8) is 0 Å². The fourth-order valence-electron chi connectivity index (χ4n) is 4.63. The van der Waals surface area contributed by atoms with E-state index in [0.29, 0.717) is 0 Å².